The predicted molar refractivity (Wildman–Crippen MR) is 78.0 cm³/mol. The van der Waals surface area contributed by atoms with E-state index in [-0.39, 0.29) is 23.7 Å². The molecule has 1 fully saturated rings. The molecule has 0 aliphatic carbocycles. The van der Waals surface area contributed by atoms with Gasteiger partial charge >= 0.3 is 0 Å². The maximum Gasteiger partial charge on any atom is 0.260 e. The maximum atomic E-state index is 12.9. The molecular formula is C14H18BrFN2O2. The van der Waals surface area contributed by atoms with Gasteiger partial charge in [-0.25, -0.2) is 4.39 Å². The van der Waals surface area contributed by atoms with E-state index in [9.17, 15) is 9.18 Å². The molecule has 1 amide bonds. The first kappa shape index (κ1) is 15.3. The fourth-order valence-corrected chi connectivity index (χ4v) is 2.69. The van der Waals surface area contributed by atoms with Crippen LogP contribution in [0.25, 0.3) is 0 Å². The molecule has 1 aliphatic heterocycles. The van der Waals surface area contributed by atoms with Crippen LogP contribution in [0.15, 0.2) is 22.7 Å². The van der Waals surface area contributed by atoms with E-state index in [0.29, 0.717) is 29.9 Å². The summed E-state index contributed by atoms with van der Waals surface area (Å²) >= 11 is 3.20. The van der Waals surface area contributed by atoms with Gasteiger partial charge in [-0.05, 0) is 52.5 Å². The van der Waals surface area contributed by atoms with Crippen LogP contribution in [-0.2, 0) is 4.79 Å². The van der Waals surface area contributed by atoms with Crippen LogP contribution in [0.3, 0.4) is 0 Å². The first-order valence-corrected chi connectivity index (χ1v) is 7.28. The number of halogens is 2. The fraction of sp³-hybridized carbons (Fsp3) is 0.500. The van der Waals surface area contributed by atoms with Gasteiger partial charge in [-0.3, -0.25) is 4.79 Å². The van der Waals surface area contributed by atoms with Crippen LogP contribution >= 0.6 is 15.9 Å². The highest BCUT2D eigenvalue weighted by molar-refractivity contribution is 9.10. The number of benzene rings is 1. The van der Waals surface area contributed by atoms with Crippen molar-refractivity contribution in [3.8, 4) is 5.75 Å². The average molecular weight is 345 g/mol. The van der Waals surface area contributed by atoms with Gasteiger partial charge in [0, 0.05) is 13.1 Å². The number of carbonyl (C=O) groups excluding carboxylic acids is 1. The summed E-state index contributed by atoms with van der Waals surface area (Å²) in [5, 5.41) is 0. The summed E-state index contributed by atoms with van der Waals surface area (Å²) < 4.78 is 18.9. The van der Waals surface area contributed by atoms with E-state index in [4.69, 9.17) is 10.5 Å². The van der Waals surface area contributed by atoms with Crippen LogP contribution in [0, 0.1) is 11.2 Å². The second-order valence-corrected chi connectivity index (χ2v) is 6.30. The van der Waals surface area contributed by atoms with E-state index in [2.05, 4.69) is 22.9 Å². The van der Waals surface area contributed by atoms with Gasteiger partial charge in [-0.15, -0.1) is 0 Å². The molecule has 1 unspecified atom stereocenters. The molecule has 6 heteroatoms. The minimum atomic E-state index is -0.353. The van der Waals surface area contributed by atoms with Crippen molar-refractivity contribution in [1.29, 1.82) is 0 Å². The summed E-state index contributed by atoms with van der Waals surface area (Å²) in [6.45, 7) is 3.97. The molecule has 1 atom stereocenters. The van der Waals surface area contributed by atoms with E-state index in [1.54, 1.807) is 4.90 Å². The topological polar surface area (TPSA) is 55.6 Å². The number of rotatable bonds is 4. The number of nitrogens with zero attached hydrogens (tertiary/aromatic N) is 1. The molecule has 1 saturated heterocycles. The number of carbonyl (C=O) groups is 1. The Labute approximate surface area is 126 Å². The van der Waals surface area contributed by atoms with Gasteiger partial charge in [0.05, 0.1) is 4.47 Å². The molecule has 0 spiro atoms. The Morgan fingerprint density at radius 3 is 2.95 bits per heavy atom. The van der Waals surface area contributed by atoms with Crippen LogP contribution in [0.5, 0.6) is 5.75 Å². The first-order valence-electron chi connectivity index (χ1n) is 6.49. The number of hydrogen-bond acceptors (Lipinski definition) is 3. The van der Waals surface area contributed by atoms with Crippen molar-refractivity contribution in [1.82, 2.24) is 4.90 Å². The second kappa shape index (κ2) is 6.10. The van der Waals surface area contributed by atoms with Crippen molar-refractivity contribution >= 4 is 21.8 Å². The van der Waals surface area contributed by atoms with E-state index < -0.39 is 0 Å². The van der Waals surface area contributed by atoms with Crippen molar-refractivity contribution in [2.75, 3.05) is 26.2 Å². The van der Waals surface area contributed by atoms with Gasteiger partial charge < -0.3 is 15.4 Å². The number of likely N-dealkylation sites (tertiary alicyclic amines) is 1. The summed E-state index contributed by atoms with van der Waals surface area (Å²) in [5.74, 6) is 0.0349. The molecule has 1 heterocycles. The predicted octanol–water partition coefficient (Wildman–Crippen LogP) is 2.16. The molecule has 2 rings (SSSR count). The zero-order valence-electron chi connectivity index (χ0n) is 11.4. The lowest BCUT2D eigenvalue weighted by Gasteiger charge is -2.22. The highest BCUT2D eigenvalue weighted by Crippen LogP contribution is 2.29. The summed E-state index contributed by atoms with van der Waals surface area (Å²) in [4.78, 5) is 13.8. The minimum Gasteiger partial charge on any atom is -0.483 e. The van der Waals surface area contributed by atoms with Gasteiger partial charge in [0.1, 0.15) is 11.6 Å². The smallest absolute Gasteiger partial charge is 0.260 e. The SMILES string of the molecule is CC1(CN)CCN(C(=O)COc2ccc(F)cc2Br)C1. The Morgan fingerprint density at radius 2 is 2.35 bits per heavy atom. The van der Waals surface area contributed by atoms with Crippen molar-refractivity contribution in [3.63, 3.8) is 0 Å². The van der Waals surface area contributed by atoms with Crippen LogP contribution < -0.4 is 10.5 Å². The van der Waals surface area contributed by atoms with Crippen LogP contribution in [0.4, 0.5) is 4.39 Å². The van der Waals surface area contributed by atoms with E-state index in [1.165, 1.54) is 18.2 Å². The van der Waals surface area contributed by atoms with E-state index in [0.717, 1.165) is 6.42 Å². The Bertz CT molecular complexity index is 512. The number of nitrogens with two attached hydrogens (primary N) is 1. The normalized spacial score (nSPS) is 22.1. The highest BCUT2D eigenvalue weighted by Gasteiger charge is 2.34. The summed E-state index contributed by atoms with van der Waals surface area (Å²) in [7, 11) is 0. The molecule has 110 valence electrons. The molecule has 1 aliphatic rings. The highest BCUT2D eigenvalue weighted by atomic mass is 79.9. The molecule has 1 aromatic carbocycles. The standard InChI is InChI=1S/C14H18BrFN2O2/c1-14(8-17)4-5-18(9-14)13(19)7-20-12-3-2-10(16)6-11(12)15/h2-3,6H,4-5,7-9,17H2,1H3. The van der Waals surface area contributed by atoms with E-state index in [1.807, 2.05) is 0 Å². The lowest BCUT2D eigenvalue weighted by molar-refractivity contribution is -0.132. The Hall–Kier alpha value is -1.14. The Morgan fingerprint density at radius 1 is 1.60 bits per heavy atom. The molecule has 2 N–H and O–H groups in total. The van der Waals surface area contributed by atoms with Gasteiger partial charge in [-0.2, -0.15) is 0 Å². The van der Waals surface area contributed by atoms with Crippen LogP contribution in [-0.4, -0.2) is 37.0 Å². The average Bonchev–Trinajstić information content (AvgIpc) is 2.81. The molecular weight excluding hydrogens is 327 g/mol. The van der Waals surface area contributed by atoms with Gasteiger partial charge in [-0.1, -0.05) is 6.92 Å². The summed E-state index contributed by atoms with van der Waals surface area (Å²) in [5.41, 5.74) is 5.72. The lowest BCUT2D eigenvalue weighted by atomic mass is 9.90. The third-order valence-electron chi connectivity index (χ3n) is 3.65. The number of hydrogen-bond donors (Lipinski definition) is 1. The van der Waals surface area contributed by atoms with Gasteiger partial charge in [0.2, 0.25) is 0 Å². The van der Waals surface area contributed by atoms with Crippen LogP contribution in [0.1, 0.15) is 13.3 Å². The molecule has 20 heavy (non-hydrogen) atoms. The first-order chi connectivity index (χ1) is 9.43. The molecule has 0 saturated carbocycles. The zero-order valence-corrected chi connectivity index (χ0v) is 13.0. The third kappa shape index (κ3) is 3.49. The van der Waals surface area contributed by atoms with Crippen LogP contribution in [0.2, 0.25) is 0 Å². The maximum absolute atomic E-state index is 12.9. The Kier molecular flexibility index (Phi) is 4.65. The largest absolute Gasteiger partial charge is 0.483 e. The number of ether oxygens (including phenoxy) is 1. The zero-order chi connectivity index (χ0) is 14.8. The summed E-state index contributed by atoms with van der Waals surface area (Å²) in [6.07, 6.45) is 0.912. The van der Waals surface area contributed by atoms with E-state index >= 15 is 0 Å². The monoisotopic (exact) mass is 344 g/mol. The Balaban J connectivity index is 1.90. The quantitative estimate of drug-likeness (QED) is 0.910. The van der Waals surface area contributed by atoms with Gasteiger partial charge in [0.15, 0.2) is 6.61 Å². The molecule has 4 nitrogen and oxygen atoms in total. The van der Waals surface area contributed by atoms with Crippen molar-refractivity contribution < 1.29 is 13.9 Å². The lowest BCUT2D eigenvalue weighted by Crippen LogP contribution is -2.36. The van der Waals surface area contributed by atoms with Crippen molar-refractivity contribution in [2.24, 2.45) is 11.1 Å². The third-order valence-corrected chi connectivity index (χ3v) is 4.27. The van der Waals surface area contributed by atoms with Gasteiger partial charge in [0.25, 0.3) is 5.91 Å². The molecule has 0 radical (unpaired) electrons. The molecule has 0 aromatic heterocycles. The fourth-order valence-electron chi connectivity index (χ4n) is 2.23. The minimum absolute atomic E-state index is 0.00607. The molecule has 1 aromatic rings. The summed E-state index contributed by atoms with van der Waals surface area (Å²) in [6, 6.07) is 4.10. The van der Waals surface area contributed by atoms with Crippen molar-refractivity contribution in [3.05, 3.63) is 28.5 Å². The van der Waals surface area contributed by atoms with Crippen molar-refractivity contribution in [2.45, 2.75) is 13.3 Å². The second-order valence-electron chi connectivity index (χ2n) is 5.44. The molecule has 0 bridgehead atoms. The number of amides is 1.